The summed E-state index contributed by atoms with van der Waals surface area (Å²) in [4.78, 5) is 4.59. The van der Waals surface area contributed by atoms with E-state index in [9.17, 15) is 0 Å². The van der Waals surface area contributed by atoms with Gasteiger partial charge in [-0.25, -0.2) is 4.98 Å². The quantitative estimate of drug-likeness (QED) is 0.585. The first-order valence-corrected chi connectivity index (χ1v) is 8.06. The normalized spacial score (nSPS) is 11.2. The first kappa shape index (κ1) is 13.8. The smallest absolute Gasteiger partial charge is 0.199 e. The Balaban J connectivity index is 1.96. The topological polar surface area (TPSA) is 26.0 Å². The number of nitrogens with zero attached hydrogens (tertiary/aromatic N) is 1. The third kappa shape index (κ3) is 2.81. The zero-order chi connectivity index (χ0) is 14.1. The van der Waals surface area contributed by atoms with Crippen LogP contribution in [0.5, 0.6) is 0 Å². The van der Waals surface area contributed by atoms with Crippen LogP contribution >= 0.6 is 31.9 Å². The lowest BCUT2D eigenvalue weighted by molar-refractivity contribution is 0.542. The van der Waals surface area contributed by atoms with Gasteiger partial charge in [0.1, 0.15) is 5.52 Å². The summed E-state index contributed by atoms with van der Waals surface area (Å²) in [5.41, 5.74) is 4.19. The van der Waals surface area contributed by atoms with Crippen LogP contribution in [0.4, 0.5) is 0 Å². The molecule has 102 valence electrons. The molecule has 1 aromatic heterocycles. The molecule has 0 saturated carbocycles. The second kappa shape index (κ2) is 5.70. The summed E-state index contributed by atoms with van der Waals surface area (Å²) < 4.78 is 7.91. The van der Waals surface area contributed by atoms with Crippen LogP contribution < -0.4 is 0 Å². The number of hydrogen-bond acceptors (Lipinski definition) is 2. The zero-order valence-corrected chi connectivity index (χ0v) is 14.2. The molecule has 0 aliphatic heterocycles. The van der Waals surface area contributed by atoms with Gasteiger partial charge in [-0.1, -0.05) is 35.0 Å². The predicted molar refractivity (Wildman–Crippen MR) is 88.0 cm³/mol. The van der Waals surface area contributed by atoms with Gasteiger partial charge in [0.05, 0.1) is 4.47 Å². The molecule has 0 aliphatic carbocycles. The van der Waals surface area contributed by atoms with Crippen molar-refractivity contribution in [2.24, 2.45) is 0 Å². The minimum atomic E-state index is 0.704. The van der Waals surface area contributed by atoms with Gasteiger partial charge in [0.15, 0.2) is 11.5 Å². The summed E-state index contributed by atoms with van der Waals surface area (Å²) in [5.74, 6) is 0.747. The molecule has 3 rings (SSSR count). The average molecular weight is 395 g/mol. The Morgan fingerprint density at radius 3 is 2.50 bits per heavy atom. The number of fused-ring (bicyclic) bond motifs is 1. The van der Waals surface area contributed by atoms with Crippen molar-refractivity contribution < 1.29 is 4.42 Å². The van der Waals surface area contributed by atoms with Crippen LogP contribution in [-0.4, -0.2) is 4.98 Å². The molecule has 2 aromatic carbocycles. The number of benzene rings is 2. The third-order valence-corrected chi connectivity index (χ3v) is 4.34. The number of hydrogen-bond donors (Lipinski definition) is 0. The Bertz CT molecular complexity index is 747. The number of halogens is 2. The molecule has 0 saturated heterocycles. The van der Waals surface area contributed by atoms with Crippen LogP contribution in [-0.2, 0) is 12.8 Å². The van der Waals surface area contributed by atoms with Gasteiger partial charge in [0.2, 0.25) is 0 Å². The molecule has 0 aliphatic rings. The summed E-state index contributed by atoms with van der Waals surface area (Å²) in [7, 11) is 0. The molecular weight excluding hydrogens is 382 g/mol. The summed E-state index contributed by atoms with van der Waals surface area (Å²) in [5, 5.41) is 0. The summed E-state index contributed by atoms with van der Waals surface area (Å²) in [6.07, 6.45) is 1.69. The molecule has 3 aromatic rings. The molecule has 4 heteroatoms. The van der Waals surface area contributed by atoms with E-state index in [0.717, 1.165) is 32.4 Å². The van der Waals surface area contributed by atoms with Crippen molar-refractivity contribution in [2.75, 3.05) is 0 Å². The van der Waals surface area contributed by atoms with Crippen molar-refractivity contribution in [3.8, 4) is 0 Å². The van der Waals surface area contributed by atoms with E-state index < -0.39 is 0 Å². The maximum atomic E-state index is 5.86. The molecule has 0 spiro atoms. The van der Waals surface area contributed by atoms with Crippen LogP contribution in [0.15, 0.2) is 49.8 Å². The Morgan fingerprint density at radius 1 is 1.05 bits per heavy atom. The fourth-order valence-electron chi connectivity index (χ4n) is 2.15. The van der Waals surface area contributed by atoms with E-state index in [0.29, 0.717) is 6.42 Å². The van der Waals surface area contributed by atoms with Gasteiger partial charge in [-0.15, -0.1) is 0 Å². The van der Waals surface area contributed by atoms with E-state index in [1.54, 1.807) is 0 Å². The molecule has 0 unspecified atom stereocenters. The highest BCUT2D eigenvalue weighted by Crippen LogP contribution is 2.28. The van der Waals surface area contributed by atoms with E-state index in [-0.39, 0.29) is 0 Å². The van der Waals surface area contributed by atoms with Crippen LogP contribution in [0.25, 0.3) is 11.1 Å². The highest BCUT2D eigenvalue weighted by molar-refractivity contribution is 9.11. The maximum absolute atomic E-state index is 5.86. The Labute approximate surface area is 134 Å². The van der Waals surface area contributed by atoms with Crippen molar-refractivity contribution in [1.29, 1.82) is 0 Å². The van der Waals surface area contributed by atoms with E-state index in [1.165, 1.54) is 11.1 Å². The van der Waals surface area contributed by atoms with Crippen molar-refractivity contribution in [1.82, 2.24) is 4.98 Å². The third-order valence-electron chi connectivity index (χ3n) is 3.23. The highest BCUT2D eigenvalue weighted by Gasteiger charge is 2.10. The lowest BCUT2D eigenvalue weighted by Gasteiger charge is -1.97. The van der Waals surface area contributed by atoms with Crippen molar-refractivity contribution >= 4 is 43.0 Å². The summed E-state index contributed by atoms with van der Waals surface area (Å²) >= 11 is 7.00. The highest BCUT2D eigenvalue weighted by atomic mass is 79.9. The first-order valence-electron chi connectivity index (χ1n) is 6.48. The number of rotatable bonds is 3. The Hall–Kier alpha value is -1.13. The average Bonchev–Trinajstić information content (AvgIpc) is 2.84. The summed E-state index contributed by atoms with van der Waals surface area (Å²) in [6, 6.07) is 12.4. The molecule has 1 heterocycles. The Kier molecular flexibility index (Phi) is 3.94. The van der Waals surface area contributed by atoms with Gasteiger partial charge in [0, 0.05) is 10.9 Å². The molecule has 0 amide bonds. The van der Waals surface area contributed by atoms with Gasteiger partial charge in [0.25, 0.3) is 0 Å². The van der Waals surface area contributed by atoms with E-state index in [1.807, 2.05) is 12.1 Å². The molecule has 0 N–H and O–H groups in total. The van der Waals surface area contributed by atoms with Crippen molar-refractivity contribution in [2.45, 2.75) is 19.8 Å². The zero-order valence-electron chi connectivity index (χ0n) is 11.0. The standard InChI is InChI=1S/C16H13Br2NO/c1-2-10-7-13(18)16-14(8-10)19-15(20-16)9-11-3-5-12(17)6-4-11/h3-8H,2,9H2,1H3. The van der Waals surface area contributed by atoms with E-state index in [4.69, 9.17) is 4.42 Å². The molecule has 20 heavy (non-hydrogen) atoms. The van der Waals surface area contributed by atoms with Crippen LogP contribution in [0.1, 0.15) is 23.9 Å². The minimum Gasteiger partial charge on any atom is -0.439 e. The van der Waals surface area contributed by atoms with Gasteiger partial charge in [-0.2, -0.15) is 0 Å². The molecular formula is C16H13Br2NO. The van der Waals surface area contributed by atoms with Gasteiger partial charge < -0.3 is 4.42 Å². The SMILES string of the molecule is CCc1cc(Br)c2oc(Cc3ccc(Br)cc3)nc2c1. The summed E-state index contributed by atoms with van der Waals surface area (Å²) in [6.45, 7) is 2.14. The van der Waals surface area contributed by atoms with Gasteiger partial charge in [-0.3, -0.25) is 0 Å². The molecule has 2 nitrogen and oxygen atoms in total. The Morgan fingerprint density at radius 2 is 1.80 bits per heavy atom. The van der Waals surface area contributed by atoms with Gasteiger partial charge >= 0.3 is 0 Å². The van der Waals surface area contributed by atoms with E-state index in [2.05, 4.69) is 68.0 Å². The fourth-order valence-corrected chi connectivity index (χ4v) is 2.99. The largest absolute Gasteiger partial charge is 0.439 e. The number of aryl methyl sites for hydroxylation is 1. The predicted octanol–water partition coefficient (Wildman–Crippen LogP) is 5.51. The number of aromatic nitrogens is 1. The van der Waals surface area contributed by atoms with E-state index >= 15 is 0 Å². The first-order chi connectivity index (χ1) is 9.65. The maximum Gasteiger partial charge on any atom is 0.199 e. The van der Waals surface area contributed by atoms with Crippen molar-refractivity contribution in [3.63, 3.8) is 0 Å². The van der Waals surface area contributed by atoms with Crippen LogP contribution in [0.3, 0.4) is 0 Å². The fraction of sp³-hybridized carbons (Fsp3) is 0.188. The molecule has 0 atom stereocenters. The van der Waals surface area contributed by atoms with Crippen molar-refractivity contribution in [3.05, 3.63) is 62.4 Å². The minimum absolute atomic E-state index is 0.704. The lowest BCUT2D eigenvalue weighted by atomic mass is 10.1. The molecule has 0 radical (unpaired) electrons. The molecule has 0 bridgehead atoms. The second-order valence-corrected chi connectivity index (χ2v) is 6.46. The van der Waals surface area contributed by atoms with Gasteiger partial charge in [-0.05, 0) is 57.7 Å². The second-order valence-electron chi connectivity index (χ2n) is 4.69. The lowest BCUT2D eigenvalue weighted by Crippen LogP contribution is -1.87. The van der Waals surface area contributed by atoms with Crippen LogP contribution in [0, 0.1) is 0 Å². The molecule has 0 fully saturated rings. The number of oxazole rings is 1. The van der Waals surface area contributed by atoms with Crippen LogP contribution in [0.2, 0.25) is 0 Å². The monoisotopic (exact) mass is 393 g/mol.